The zero-order chi connectivity index (χ0) is 12.3. The number of ether oxygens (including phenoxy) is 1. The Bertz CT molecular complexity index is 452. The van der Waals surface area contributed by atoms with E-state index in [4.69, 9.17) is 9.84 Å². The number of nitrogens with zero attached hydrogens (tertiary/aromatic N) is 1. The van der Waals surface area contributed by atoms with Gasteiger partial charge in [0.05, 0.1) is 6.54 Å². The fourth-order valence-electron chi connectivity index (χ4n) is 1.33. The number of cyclic esters (lactones) is 1. The number of carbonyl (C=O) groups is 2. The smallest absolute Gasteiger partial charge is 0.407 e. The number of amides is 1. The lowest BCUT2D eigenvalue weighted by Gasteiger charge is -2.07. The average Bonchev–Trinajstić information content (AvgIpc) is 2.73. The molecule has 90 valence electrons. The topological polar surface area (TPSA) is 88.5 Å². The van der Waals surface area contributed by atoms with Gasteiger partial charge in [0, 0.05) is 16.8 Å². The minimum Gasteiger partial charge on any atom is -0.477 e. The van der Waals surface area contributed by atoms with Crippen molar-refractivity contribution in [3.63, 3.8) is 0 Å². The summed E-state index contributed by atoms with van der Waals surface area (Å²) in [6.45, 7) is 0.489. The highest BCUT2D eigenvalue weighted by Crippen LogP contribution is 2.20. The zero-order valence-corrected chi connectivity index (χ0v) is 9.57. The summed E-state index contributed by atoms with van der Waals surface area (Å²) in [6.07, 6.45) is 0.871. The summed E-state index contributed by atoms with van der Waals surface area (Å²) in [5.41, 5.74) is 0.0107. The molecular weight excluding hydrogens is 244 g/mol. The van der Waals surface area contributed by atoms with E-state index in [2.05, 4.69) is 10.3 Å². The number of pyridine rings is 1. The van der Waals surface area contributed by atoms with Crippen LogP contribution in [0.15, 0.2) is 23.2 Å². The van der Waals surface area contributed by atoms with Crippen molar-refractivity contribution in [2.45, 2.75) is 11.0 Å². The van der Waals surface area contributed by atoms with Crippen molar-refractivity contribution < 1.29 is 19.4 Å². The molecule has 1 aliphatic heterocycles. The number of carboxylic acids is 1. The van der Waals surface area contributed by atoms with E-state index in [1.165, 1.54) is 24.0 Å². The third-order valence-electron chi connectivity index (χ3n) is 2.13. The molecule has 1 aromatic rings. The number of carboxylic acid groups (broad SMARTS) is 1. The van der Waals surface area contributed by atoms with Crippen LogP contribution >= 0.6 is 11.8 Å². The molecule has 1 aliphatic rings. The summed E-state index contributed by atoms with van der Waals surface area (Å²) in [5, 5.41) is 11.3. The number of thioether (sulfide) groups is 1. The lowest BCUT2D eigenvalue weighted by Crippen LogP contribution is -2.16. The Labute approximate surface area is 101 Å². The highest BCUT2D eigenvalue weighted by molar-refractivity contribution is 7.99. The summed E-state index contributed by atoms with van der Waals surface area (Å²) in [5.74, 6) is -0.469. The van der Waals surface area contributed by atoms with Gasteiger partial charge in [-0.3, -0.25) is 0 Å². The second-order valence-electron chi connectivity index (χ2n) is 3.40. The lowest BCUT2D eigenvalue weighted by atomic mass is 10.3. The molecule has 1 fully saturated rings. The van der Waals surface area contributed by atoms with Crippen LogP contribution in [-0.4, -0.2) is 40.6 Å². The van der Waals surface area contributed by atoms with Gasteiger partial charge in [0.15, 0.2) is 0 Å². The predicted molar refractivity (Wildman–Crippen MR) is 60.2 cm³/mol. The maximum absolute atomic E-state index is 10.8. The van der Waals surface area contributed by atoms with Gasteiger partial charge in [0.2, 0.25) is 0 Å². The molecule has 0 aliphatic carbocycles. The standard InChI is InChI=1S/C10H10N2O4S/c13-9(14)8-3-7(1-2-11-8)17-5-6-4-12-10(15)16-6/h1-3,6H,4-5H2,(H,12,15)(H,13,14). The molecule has 2 heterocycles. The Morgan fingerprint density at radius 2 is 2.53 bits per heavy atom. The molecule has 1 atom stereocenters. The van der Waals surface area contributed by atoms with Crippen LogP contribution < -0.4 is 5.32 Å². The van der Waals surface area contributed by atoms with Crippen molar-refractivity contribution in [1.82, 2.24) is 10.3 Å². The van der Waals surface area contributed by atoms with E-state index in [1.807, 2.05) is 0 Å². The zero-order valence-electron chi connectivity index (χ0n) is 8.75. The summed E-state index contributed by atoms with van der Waals surface area (Å²) >= 11 is 1.43. The number of aromatic carboxylic acids is 1. The van der Waals surface area contributed by atoms with Crippen LogP contribution in [0.5, 0.6) is 0 Å². The molecule has 0 radical (unpaired) electrons. The number of alkyl carbamates (subject to hydrolysis) is 1. The normalized spacial score (nSPS) is 18.6. The van der Waals surface area contributed by atoms with E-state index in [0.29, 0.717) is 12.3 Å². The van der Waals surface area contributed by atoms with Crippen LogP contribution in [-0.2, 0) is 4.74 Å². The molecule has 1 saturated heterocycles. The van der Waals surface area contributed by atoms with Crippen molar-refractivity contribution in [1.29, 1.82) is 0 Å². The van der Waals surface area contributed by atoms with E-state index in [-0.39, 0.29) is 11.8 Å². The van der Waals surface area contributed by atoms with Crippen LogP contribution in [0.25, 0.3) is 0 Å². The molecule has 2 rings (SSSR count). The maximum Gasteiger partial charge on any atom is 0.407 e. The van der Waals surface area contributed by atoms with Crippen LogP contribution in [0.3, 0.4) is 0 Å². The quantitative estimate of drug-likeness (QED) is 0.779. The third kappa shape index (κ3) is 3.10. The van der Waals surface area contributed by atoms with Gasteiger partial charge in [-0.2, -0.15) is 0 Å². The minimum absolute atomic E-state index is 0.0107. The van der Waals surface area contributed by atoms with E-state index in [0.717, 1.165) is 4.90 Å². The molecular formula is C10H10N2O4S. The first-order valence-corrected chi connectivity index (χ1v) is 5.90. The number of rotatable bonds is 4. The van der Waals surface area contributed by atoms with Gasteiger partial charge >= 0.3 is 12.1 Å². The Hall–Kier alpha value is -1.76. The first-order chi connectivity index (χ1) is 8.15. The Morgan fingerprint density at radius 3 is 3.18 bits per heavy atom. The summed E-state index contributed by atoms with van der Waals surface area (Å²) in [6, 6.07) is 3.22. The second-order valence-corrected chi connectivity index (χ2v) is 4.49. The van der Waals surface area contributed by atoms with E-state index in [1.54, 1.807) is 6.07 Å². The molecule has 0 saturated carbocycles. The molecule has 1 aromatic heterocycles. The molecule has 2 N–H and O–H groups in total. The Balaban J connectivity index is 1.92. The first kappa shape index (κ1) is 11.7. The lowest BCUT2D eigenvalue weighted by molar-refractivity contribution is 0.0690. The SMILES string of the molecule is O=C1NCC(CSc2ccnc(C(=O)O)c2)O1. The highest BCUT2D eigenvalue weighted by atomic mass is 32.2. The molecule has 17 heavy (non-hydrogen) atoms. The number of hydrogen-bond acceptors (Lipinski definition) is 5. The van der Waals surface area contributed by atoms with Gasteiger partial charge < -0.3 is 15.2 Å². The summed E-state index contributed by atoms with van der Waals surface area (Å²) in [7, 11) is 0. The highest BCUT2D eigenvalue weighted by Gasteiger charge is 2.22. The fraction of sp³-hybridized carbons (Fsp3) is 0.300. The van der Waals surface area contributed by atoms with Gasteiger partial charge in [-0.05, 0) is 12.1 Å². The van der Waals surface area contributed by atoms with E-state index < -0.39 is 12.1 Å². The molecule has 1 unspecified atom stereocenters. The van der Waals surface area contributed by atoms with Crippen molar-refractivity contribution >= 4 is 23.8 Å². The maximum atomic E-state index is 10.8. The number of carbonyl (C=O) groups excluding carboxylic acids is 1. The van der Waals surface area contributed by atoms with E-state index >= 15 is 0 Å². The minimum atomic E-state index is -1.05. The van der Waals surface area contributed by atoms with Gasteiger partial charge in [0.25, 0.3) is 0 Å². The predicted octanol–water partition coefficient (Wildman–Crippen LogP) is 0.980. The second kappa shape index (κ2) is 5.05. The van der Waals surface area contributed by atoms with E-state index in [9.17, 15) is 9.59 Å². The van der Waals surface area contributed by atoms with Gasteiger partial charge in [-0.25, -0.2) is 14.6 Å². The monoisotopic (exact) mass is 254 g/mol. The van der Waals surface area contributed by atoms with Gasteiger partial charge in [-0.1, -0.05) is 0 Å². The van der Waals surface area contributed by atoms with Crippen LogP contribution in [0.2, 0.25) is 0 Å². The molecule has 0 bridgehead atoms. The molecule has 1 amide bonds. The molecule has 0 aromatic carbocycles. The molecule has 7 heteroatoms. The third-order valence-corrected chi connectivity index (χ3v) is 3.26. The number of nitrogens with one attached hydrogen (secondary N) is 1. The summed E-state index contributed by atoms with van der Waals surface area (Å²) < 4.78 is 4.96. The van der Waals surface area contributed by atoms with Crippen molar-refractivity contribution in [3.8, 4) is 0 Å². The Morgan fingerprint density at radius 1 is 1.71 bits per heavy atom. The molecule has 0 spiro atoms. The van der Waals surface area contributed by atoms with Crippen molar-refractivity contribution in [2.24, 2.45) is 0 Å². The number of aromatic nitrogens is 1. The van der Waals surface area contributed by atoms with Crippen LogP contribution in [0, 0.1) is 0 Å². The average molecular weight is 254 g/mol. The largest absolute Gasteiger partial charge is 0.477 e. The summed E-state index contributed by atoms with van der Waals surface area (Å²) in [4.78, 5) is 26.0. The van der Waals surface area contributed by atoms with Crippen LogP contribution in [0.4, 0.5) is 4.79 Å². The van der Waals surface area contributed by atoms with Gasteiger partial charge in [0.1, 0.15) is 11.8 Å². The van der Waals surface area contributed by atoms with Crippen molar-refractivity contribution in [3.05, 3.63) is 24.0 Å². The molecule has 6 nitrogen and oxygen atoms in total. The first-order valence-electron chi connectivity index (χ1n) is 4.92. The van der Waals surface area contributed by atoms with Gasteiger partial charge in [-0.15, -0.1) is 11.8 Å². The number of hydrogen-bond donors (Lipinski definition) is 2. The Kier molecular flexibility index (Phi) is 3.48. The van der Waals surface area contributed by atoms with Crippen LogP contribution in [0.1, 0.15) is 10.5 Å². The van der Waals surface area contributed by atoms with Crippen molar-refractivity contribution in [2.75, 3.05) is 12.3 Å². The fourth-order valence-corrected chi connectivity index (χ4v) is 2.25.